The van der Waals surface area contributed by atoms with Gasteiger partial charge in [0.1, 0.15) is 0 Å². The summed E-state index contributed by atoms with van der Waals surface area (Å²) in [5, 5.41) is 7.48. The van der Waals surface area contributed by atoms with Crippen molar-refractivity contribution in [2.24, 2.45) is 0 Å². The van der Waals surface area contributed by atoms with Crippen LogP contribution in [0.15, 0.2) is 84.9 Å². The molecule has 8 heteroatoms. The van der Waals surface area contributed by atoms with Crippen molar-refractivity contribution >= 4 is 34.1 Å². The van der Waals surface area contributed by atoms with Crippen molar-refractivity contribution < 1.29 is 9.59 Å². The van der Waals surface area contributed by atoms with E-state index in [2.05, 4.69) is 39.8 Å². The number of amides is 2. The Morgan fingerprint density at radius 1 is 0.538 bits per heavy atom. The van der Waals surface area contributed by atoms with Crippen LogP contribution in [0.3, 0.4) is 0 Å². The molecule has 5 aromatic rings. The van der Waals surface area contributed by atoms with E-state index in [1.54, 1.807) is 0 Å². The molecule has 8 nitrogen and oxygen atoms in total. The van der Waals surface area contributed by atoms with Gasteiger partial charge in [-0.25, -0.2) is 0 Å². The molecule has 0 unspecified atom stereocenters. The number of carbonyl (C=O) groups excluding carboxylic acids is 2. The first-order valence-corrected chi connectivity index (χ1v) is 18.9. The normalized spacial score (nSPS) is 14.4. The van der Waals surface area contributed by atoms with E-state index in [9.17, 15) is 9.59 Å². The molecule has 8 rings (SSSR count). The number of aryl methyl sites for hydroxylation is 3. The fraction of sp³-hybridized carbons (Fsp3) is 0.364. The maximum Gasteiger partial charge on any atom is 0.238 e. The van der Waals surface area contributed by atoms with Crippen LogP contribution < -0.4 is 10.6 Å². The molecule has 0 saturated carbocycles. The minimum absolute atomic E-state index is 0.0221. The van der Waals surface area contributed by atoms with Gasteiger partial charge in [-0.1, -0.05) is 78.9 Å². The summed E-state index contributed by atoms with van der Waals surface area (Å²) >= 11 is 0. The van der Waals surface area contributed by atoms with Crippen LogP contribution in [0.5, 0.6) is 0 Å². The summed E-state index contributed by atoms with van der Waals surface area (Å²) in [4.78, 5) is 39.2. The summed E-state index contributed by atoms with van der Waals surface area (Å²) in [6, 6.07) is 28.6. The Bertz CT molecular complexity index is 2030. The number of anilines is 2. The third kappa shape index (κ3) is 8.57. The van der Waals surface area contributed by atoms with Gasteiger partial charge >= 0.3 is 0 Å². The van der Waals surface area contributed by atoms with Gasteiger partial charge in [-0.15, -0.1) is 0 Å². The number of para-hydroxylation sites is 1. The number of hydrogen-bond donors (Lipinski definition) is 2. The summed E-state index contributed by atoms with van der Waals surface area (Å²) in [5.74, 6) is 0.102. The van der Waals surface area contributed by atoms with Crippen LogP contribution in [0.25, 0.3) is 10.9 Å². The van der Waals surface area contributed by atoms with Crippen LogP contribution in [0, 0.1) is 0 Å². The van der Waals surface area contributed by atoms with E-state index in [1.165, 1.54) is 52.0 Å². The molecule has 0 bridgehead atoms. The fourth-order valence-corrected chi connectivity index (χ4v) is 8.00. The van der Waals surface area contributed by atoms with Crippen molar-refractivity contribution in [1.29, 1.82) is 0 Å². The van der Waals surface area contributed by atoms with E-state index in [-0.39, 0.29) is 11.8 Å². The Morgan fingerprint density at radius 3 is 1.58 bits per heavy atom. The van der Waals surface area contributed by atoms with E-state index in [0.29, 0.717) is 13.1 Å². The lowest BCUT2D eigenvalue weighted by molar-refractivity contribution is -0.118. The summed E-state index contributed by atoms with van der Waals surface area (Å²) < 4.78 is 0. The molecule has 2 amide bonds. The Balaban J connectivity index is 0.000000162. The van der Waals surface area contributed by atoms with Gasteiger partial charge in [-0.05, 0) is 112 Å². The van der Waals surface area contributed by atoms with Crippen LogP contribution in [-0.4, -0.2) is 58.8 Å². The number of nitrogens with zero attached hydrogens (tertiary/aromatic N) is 4. The lowest BCUT2D eigenvalue weighted by atomic mass is 9.92. The number of likely N-dealkylation sites (N-methyl/N-ethyl adjacent to an activating group) is 2. The highest BCUT2D eigenvalue weighted by molar-refractivity contribution is 6.03. The van der Waals surface area contributed by atoms with Crippen molar-refractivity contribution in [3.63, 3.8) is 0 Å². The summed E-state index contributed by atoms with van der Waals surface area (Å²) in [6.07, 6.45) is 10.9. The number of carbonyl (C=O) groups is 2. The topological polar surface area (TPSA) is 90.5 Å². The van der Waals surface area contributed by atoms with Gasteiger partial charge < -0.3 is 10.6 Å². The first-order valence-electron chi connectivity index (χ1n) is 18.9. The number of pyridine rings is 2. The van der Waals surface area contributed by atoms with Gasteiger partial charge in [-0.2, -0.15) is 0 Å². The van der Waals surface area contributed by atoms with Crippen LogP contribution in [0.1, 0.15) is 70.6 Å². The molecule has 0 spiro atoms. The van der Waals surface area contributed by atoms with Crippen LogP contribution in [0.2, 0.25) is 0 Å². The van der Waals surface area contributed by atoms with E-state index in [1.807, 2.05) is 79.7 Å². The first kappa shape index (κ1) is 35.5. The predicted molar refractivity (Wildman–Crippen MR) is 209 cm³/mol. The Labute approximate surface area is 307 Å². The van der Waals surface area contributed by atoms with Crippen molar-refractivity contribution in [3.05, 3.63) is 130 Å². The molecule has 3 aromatic carbocycles. The maximum atomic E-state index is 12.7. The molecule has 0 atom stereocenters. The molecule has 3 aliphatic carbocycles. The summed E-state index contributed by atoms with van der Waals surface area (Å²) in [7, 11) is 3.97. The van der Waals surface area contributed by atoms with Crippen molar-refractivity contribution in [2.75, 3.05) is 37.8 Å². The molecule has 2 heterocycles. The minimum atomic E-state index is 0.0221. The third-order valence-corrected chi connectivity index (χ3v) is 10.4. The highest BCUT2D eigenvalue weighted by atomic mass is 16.2. The molecule has 52 heavy (non-hydrogen) atoms. The molecule has 0 aliphatic heterocycles. The average Bonchev–Trinajstić information content (AvgIpc) is 3.82. The highest BCUT2D eigenvalue weighted by Gasteiger charge is 2.26. The molecular formula is C44H50N6O2. The zero-order valence-corrected chi connectivity index (χ0v) is 30.6. The summed E-state index contributed by atoms with van der Waals surface area (Å²) in [6.45, 7) is 2.30. The lowest BCUT2D eigenvalue weighted by Gasteiger charge is -2.23. The molecule has 3 aliphatic rings. The zero-order chi connectivity index (χ0) is 35.9. The fourth-order valence-electron chi connectivity index (χ4n) is 8.00. The van der Waals surface area contributed by atoms with Crippen LogP contribution >= 0.6 is 0 Å². The second-order valence-electron chi connectivity index (χ2n) is 14.6. The van der Waals surface area contributed by atoms with Crippen molar-refractivity contribution in [1.82, 2.24) is 19.8 Å². The number of fused-ring (bicyclic) bond motifs is 4. The third-order valence-electron chi connectivity index (χ3n) is 10.4. The number of aromatic nitrogens is 2. The maximum absolute atomic E-state index is 12.7. The number of hydrogen-bond acceptors (Lipinski definition) is 6. The van der Waals surface area contributed by atoms with E-state index in [4.69, 9.17) is 9.97 Å². The molecule has 2 N–H and O–H groups in total. The molecule has 0 saturated heterocycles. The lowest BCUT2D eigenvalue weighted by Crippen LogP contribution is -2.30. The monoisotopic (exact) mass is 694 g/mol. The van der Waals surface area contributed by atoms with E-state index in [0.717, 1.165) is 92.4 Å². The predicted octanol–water partition coefficient (Wildman–Crippen LogP) is 7.31. The second kappa shape index (κ2) is 16.6. The van der Waals surface area contributed by atoms with Gasteiger partial charge in [0.25, 0.3) is 0 Å². The Kier molecular flexibility index (Phi) is 11.3. The number of benzene rings is 3. The van der Waals surface area contributed by atoms with Crippen LogP contribution in [0.4, 0.5) is 11.4 Å². The molecular weight excluding hydrogens is 645 g/mol. The van der Waals surface area contributed by atoms with Gasteiger partial charge in [-0.3, -0.25) is 29.4 Å². The first-order chi connectivity index (χ1) is 25.4. The molecule has 268 valence electrons. The van der Waals surface area contributed by atoms with E-state index < -0.39 is 0 Å². The van der Waals surface area contributed by atoms with Gasteiger partial charge in [0.15, 0.2) is 0 Å². The quantitative estimate of drug-likeness (QED) is 0.159. The van der Waals surface area contributed by atoms with Crippen molar-refractivity contribution in [3.8, 4) is 0 Å². The standard InChI is InChI=1S/C22H27N3O.C22H23N3O/c2*1-25(14-16-8-3-2-4-9-16)15-21(26)24-22-17-10-5-6-12-19(17)23-20-13-7-11-18(20)22/h2-4,8-9H,5-7,10-15H2,1H3,(H,23,24,26);2-6,8-10,12H,7,11,13-15H2,1H3,(H,23,24,26). The Morgan fingerprint density at radius 2 is 0.981 bits per heavy atom. The smallest absolute Gasteiger partial charge is 0.238 e. The Hall–Kier alpha value is -4.92. The van der Waals surface area contributed by atoms with Gasteiger partial charge in [0.2, 0.25) is 11.8 Å². The largest absolute Gasteiger partial charge is 0.324 e. The highest BCUT2D eigenvalue weighted by Crippen LogP contribution is 2.36. The van der Waals surface area contributed by atoms with E-state index >= 15 is 0 Å². The average molecular weight is 695 g/mol. The molecule has 2 aromatic heterocycles. The van der Waals surface area contributed by atoms with Gasteiger partial charge in [0.05, 0.1) is 30.0 Å². The van der Waals surface area contributed by atoms with Crippen LogP contribution in [-0.2, 0) is 61.2 Å². The summed E-state index contributed by atoms with van der Waals surface area (Å²) in [5.41, 5.74) is 12.8. The molecule has 0 radical (unpaired) electrons. The molecule has 0 fully saturated rings. The van der Waals surface area contributed by atoms with Gasteiger partial charge in [0, 0.05) is 35.6 Å². The second-order valence-corrected chi connectivity index (χ2v) is 14.6. The number of nitrogens with one attached hydrogen (secondary N) is 2. The number of rotatable bonds is 10. The minimum Gasteiger partial charge on any atom is -0.324 e. The zero-order valence-electron chi connectivity index (χ0n) is 30.6. The SMILES string of the molecule is CN(CC(=O)Nc1c2c(nc3c1CCC3)CCCC2)Cc1ccccc1.CN(CC(=O)Nc1c2c(nc3ccccc13)CCC2)Cc1ccccc1. The van der Waals surface area contributed by atoms with Crippen molar-refractivity contribution in [2.45, 2.75) is 77.3 Å².